The number of benzene rings is 3. The predicted molar refractivity (Wildman–Crippen MR) is 156 cm³/mol. The Balaban J connectivity index is 1.50. The maximum Gasteiger partial charge on any atom is 0.259 e. The van der Waals surface area contributed by atoms with E-state index in [1.54, 1.807) is 24.9 Å². The Labute approximate surface area is 238 Å². The van der Waals surface area contributed by atoms with Gasteiger partial charge in [-0.3, -0.25) is 19.2 Å². The van der Waals surface area contributed by atoms with Crippen LogP contribution in [0.3, 0.4) is 0 Å². The van der Waals surface area contributed by atoms with E-state index in [1.165, 1.54) is 0 Å². The fourth-order valence-corrected chi connectivity index (χ4v) is 5.40. The first-order valence-corrected chi connectivity index (χ1v) is 13.4. The van der Waals surface area contributed by atoms with E-state index in [4.69, 9.17) is 37.7 Å². The van der Waals surface area contributed by atoms with Crippen LogP contribution in [0.25, 0.3) is 0 Å². The van der Waals surface area contributed by atoms with Gasteiger partial charge in [0.05, 0.1) is 33.3 Å². The zero-order valence-electron chi connectivity index (χ0n) is 22.2. The van der Waals surface area contributed by atoms with Gasteiger partial charge in [-0.05, 0) is 54.8 Å². The topological polar surface area (TPSA) is 59.8 Å². The molecule has 1 aliphatic heterocycles. The molecule has 202 valence electrons. The highest BCUT2D eigenvalue weighted by Crippen LogP contribution is 2.33. The molecule has 2 heterocycles. The lowest BCUT2D eigenvalue weighted by Gasteiger charge is -2.38. The Bertz CT molecular complexity index is 1520. The number of ether oxygens (including phenoxy) is 2. The number of halogens is 2. The number of methoxy groups -OCH3 is 2. The molecular formula is C30H30Cl2N4O3. The summed E-state index contributed by atoms with van der Waals surface area (Å²) in [5.41, 5.74) is 4.31. The SMILES string of the molecule is COc1ccc(CCN2CN(c3cc(Cl)cc(Cl)c3)c3nc(C)c(Cc4ccccc4)c(=O)n3C2)cc1OC. The summed E-state index contributed by atoms with van der Waals surface area (Å²) in [4.78, 5) is 23.0. The Morgan fingerprint density at radius 2 is 1.59 bits per heavy atom. The van der Waals surface area contributed by atoms with Crippen LogP contribution in [0.4, 0.5) is 11.6 Å². The van der Waals surface area contributed by atoms with Crippen LogP contribution < -0.4 is 19.9 Å². The van der Waals surface area contributed by atoms with E-state index >= 15 is 0 Å². The van der Waals surface area contributed by atoms with E-state index in [1.807, 2.05) is 72.5 Å². The fraction of sp³-hybridized carbons (Fsp3) is 0.267. The van der Waals surface area contributed by atoms with Gasteiger partial charge in [-0.2, -0.15) is 0 Å². The Kier molecular flexibility index (Phi) is 8.12. The molecule has 0 amide bonds. The van der Waals surface area contributed by atoms with Crippen molar-refractivity contribution in [3.63, 3.8) is 0 Å². The minimum atomic E-state index is -0.0460. The summed E-state index contributed by atoms with van der Waals surface area (Å²) in [6, 6.07) is 21.3. The van der Waals surface area contributed by atoms with Gasteiger partial charge in [0, 0.05) is 34.3 Å². The molecule has 9 heteroatoms. The average molecular weight is 566 g/mol. The van der Waals surface area contributed by atoms with Gasteiger partial charge < -0.3 is 9.47 Å². The summed E-state index contributed by atoms with van der Waals surface area (Å²) in [7, 11) is 3.25. The van der Waals surface area contributed by atoms with Crippen molar-refractivity contribution < 1.29 is 9.47 Å². The van der Waals surface area contributed by atoms with Gasteiger partial charge in [-0.25, -0.2) is 4.98 Å². The van der Waals surface area contributed by atoms with E-state index in [-0.39, 0.29) is 5.56 Å². The summed E-state index contributed by atoms with van der Waals surface area (Å²) in [6.45, 7) is 3.54. The molecule has 0 unspecified atom stereocenters. The van der Waals surface area contributed by atoms with Crippen LogP contribution in [0.5, 0.6) is 11.5 Å². The fourth-order valence-electron chi connectivity index (χ4n) is 4.89. The van der Waals surface area contributed by atoms with Gasteiger partial charge in [-0.15, -0.1) is 0 Å². The molecule has 0 N–H and O–H groups in total. The molecule has 0 fully saturated rings. The molecule has 39 heavy (non-hydrogen) atoms. The third-order valence-corrected chi connectivity index (χ3v) is 7.36. The number of rotatable bonds is 8. The summed E-state index contributed by atoms with van der Waals surface area (Å²) in [6.07, 6.45) is 1.28. The second-order valence-electron chi connectivity index (χ2n) is 9.54. The monoisotopic (exact) mass is 564 g/mol. The van der Waals surface area contributed by atoms with E-state index in [0.29, 0.717) is 65.1 Å². The maximum atomic E-state index is 13.9. The van der Waals surface area contributed by atoms with Crippen LogP contribution in [0, 0.1) is 6.92 Å². The van der Waals surface area contributed by atoms with Gasteiger partial charge >= 0.3 is 0 Å². The van der Waals surface area contributed by atoms with E-state index < -0.39 is 0 Å². The van der Waals surface area contributed by atoms with Gasteiger partial charge in [-0.1, -0.05) is 59.6 Å². The van der Waals surface area contributed by atoms with E-state index in [2.05, 4.69) is 4.90 Å². The Hall–Kier alpha value is -3.52. The van der Waals surface area contributed by atoms with Crippen molar-refractivity contribution in [2.24, 2.45) is 0 Å². The molecule has 0 saturated heterocycles. The van der Waals surface area contributed by atoms with Crippen molar-refractivity contribution in [1.29, 1.82) is 0 Å². The molecule has 3 aromatic carbocycles. The van der Waals surface area contributed by atoms with E-state index in [9.17, 15) is 4.79 Å². The van der Waals surface area contributed by atoms with Crippen molar-refractivity contribution in [3.05, 3.63) is 110 Å². The van der Waals surface area contributed by atoms with Crippen LogP contribution in [-0.4, -0.2) is 41.9 Å². The molecular weight excluding hydrogens is 535 g/mol. The molecule has 0 spiro atoms. The second kappa shape index (κ2) is 11.7. The molecule has 0 radical (unpaired) electrons. The highest BCUT2D eigenvalue weighted by Gasteiger charge is 2.28. The minimum Gasteiger partial charge on any atom is -0.493 e. The smallest absolute Gasteiger partial charge is 0.259 e. The first-order chi connectivity index (χ1) is 18.9. The molecule has 0 aliphatic carbocycles. The highest BCUT2D eigenvalue weighted by atomic mass is 35.5. The van der Waals surface area contributed by atoms with Gasteiger partial charge in [0.2, 0.25) is 5.95 Å². The third-order valence-electron chi connectivity index (χ3n) is 6.92. The largest absolute Gasteiger partial charge is 0.493 e. The highest BCUT2D eigenvalue weighted by molar-refractivity contribution is 6.35. The summed E-state index contributed by atoms with van der Waals surface area (Å²) < 4.78 is 12.6. The number of hydrogen-bond donors (Lipinski definition) is 0. The normalized spacial score (nSPS) is 13.3. The van der Waals surface area contributed by atoms with Gasteiger partial charge in [0.1, 0.15) is 0 Å². The lowest BCUT2D eigenvalue weighted by atomic mass is 10.1. The van der Waals surface area contributed by atoms with Gasteiger partial charge in [0.15, 0.2) is 11.5 Å². The van der Waals surface area contributed by atoms with Crippen molar-refractivity contribution in [2.45, 2.75) is 26.4 Å². The number of anilines is 2. The van der Waals surface area contributed by atoms with Crippen molar-refractivity contribution in [2.75, 3.05) is 32.3 Å². The molecule has 0 bridgehead atoms. The molecule has 4 aromatic rings. The van der Waals surface area contributed by atoms with Crippen LogP contribution in [0.2, 0.25) is 10.0 Å². The maximum absolute atomic E-state index is 13.9. The molecule has 0 atom stereocenters. The molecule has 5 rings (SSSR count). The standard InChI is InChI=1S/C30H30Cl2N4O3/c1-20-26(13-21-7-5-4-6-8-21)29(37)36-19-34(12-11-22-9-10-27(38-2)28(14-22)39-3)18-35(30(36)33-20)25-16-23(31)15-24(32)17-25/h4-10,14-17H,11-13,18-19H2,1-3H3. The van der Waals surface area contributed by atoms with E-state index in [0.717, 1.165) is 23.2 Å². The van der Waals surface area contributed by atoms with Crippen molar-refractivity contribution in [3.8, 4) is 11.5 Å². The van der Waals surface area contributed by atoms with Crippen LogP contribution in [0.1, 0.15) is 22.4 Å². The number of aromatic nitrogens is 2. The molecule has 1 aliphatic rings. The summed E-state index contributed by atoms with van der Waals surface area (Å²) >= 11 is 12.7. The number of nitrogens with zero attached hydrogens (tertiary/aromatic N) is 4. The summed E-state index contributed by atoms with van der Waals surface area (Å²) in [5.74, 6) is 1.96. The number of fused-ring (bicyclic) bond motifs is 1. The molecule has 7 nitrogen and oxygen atoms in total. The van der Waals surface area contributed by atoms with Crippen LogP contribution in [-0.2, 0) is 19.5 Å². The average Bonchev–Trinajstić information content (AvgIpc) is 2.94. The van der Waals surface area contributed by atoms with Crippen molar-refractivity contribution in [1.82, 2.24) is 14.5 Å². The number of aryl methyl sites for hydroxylation is 1. The van der Waals surface area contributed by atoms with Gasteiger partial charge in [0.25, 0.3) is 5.56 Å². The zero-order valence-corrected chi connectivity index (χ0v) is 23.7. The molecule has 1 aromatic heterocycles. The van der Waals surface area contributed by atoms with Crippen LogP contribution in [0.15, 0.2) is 71.5 Å². The third kappa shape index (κ3) is 5.91. The molecule has 0 saturated carbocycles. The minimum absolute atomic E-state index is 0.0460. The quantitative estimate of drug-likeness (QED) is 0.258. The summed E-state index contributed by atoms with van der Waals surface area (Å²) in [5, 5.41) is 1.04. The van der Waals surface area contributed by atoms with Crippen LogP contribution >= 0.6 is 23.2 Å². The first-order valence-electron chi connectivity index (χ1n) is 12.7. The predicted octanol–water partition coefficient (Wildman–Crippen LogP) is 6.08. The number of hydrogen-bond acceptors (Lipinski definition) is 6. The van der Waals surface area contributed by atoms with Crippen molar-refractivity contribution >= 4 is 34.8 Å². The second-order valence-corrected chi connectivity index (χ2v) is 10.4. The zero-order chi connectivity index (χ0) is 27.5. The lowest BCUT2D eigenvalue weighted by Crippen LogP contribution is -2.48. The lowest BCUT2D eigenvalue weighted by molar-refractivity contribution is 0.200. The Morgan fingerprint density at radius 3 is 2.28 bits per heavy atom. The Morgan fingerprint density at radius 1 is 0.872 bits per heavy atom. The first kappa shape index (κ1) is 27.1.